The normalized spacial score (nSPS) is 10.8. The molecule has 0 saturated carbocycles. The monoisotopic (exact) mass is 421 g/mol. The van der Waals surface area contributed by atoms with Gasteiger partial charge in [0.15, 0.2) is 11.6 Å². The Labute approximate surface area is 156 Å². The van der Waals surface area contributed by atoms with E-state index in [4.69, 9.17) is 0 Å². The molecule has 0 fully saturated rings. The first kappa shape index (κ1) is 18.0. The fourth-order valence-electron chi connectivity index (χ4n) is 2.71. The fourth-order valence-corrected chi connectivity index (χ4v) is 3.11. The Morgan fingerprint density at radius 2 is 1.35 bits per heavy atom. The van der Waals surface area contributed by atoms with Crippen LogP contribution in [0, 0.1) is 18.6 Å². The number of phenols is 3. The summed E-state index contributed by atoms with van der Waals surface area (Å²) in [6.07, 6.45) is 0. The Kier molecular flexibility index (Phi) is 4.73. The number of phenolic OH excluding ortho intramolecular Hbond substituents is 3. The second-order valence-corrected chi connectivity index (χ2v) is 6.61. The lowest BCUT2D eigenvalue weighted by Gasteiger charge is -2.28. The predicted molar refractivity (Wildman–Crippen MR) is 98.5 cm³/mol. The molecule has 0 heterocycles. The highest BCUT2D eigenvalue weighted by molar-refractivity contribution is 9.10. The molecule has 0 radical (unpaired) electrons. The number of anilines is 3. The van der Waals surface area contributed by atoms with Crippen molar-refractivity contribution in [3.8, 4) is 17.2 Å². The molecule has 7 heteroatoms. The summed E-state index contributed by atoms with van der Waals surface area (Å²) in [6.45, 7) is 1.66. The molecule has 3 N–H and O–H groups in total. The SMILES string of the molecule is Cc1cc(O)ccc1N(c1ccc(O)cc1O)c1c(F)cc(Br)cc1F. The molecule has 0 amide bonds. The average Bonchev–Trinajstić information content (AvgIpc) is 2.52. The highest BCUT2D eigenvalue weighted by atomic mass is 79.9. The zero-order chi connectivity index (χ0) is 19.0. The Balaban J connectivity index is 2.33. The van der Waals surface area contributed by atoms with Crippen molar-refractivity contribution in [3.63, 3.8) is 0 Å². The molecule has 0 saturated heterocycles. The lowest BCUT2D eigenvalue weighted by atomic mass is 10.1. The van der Waals surface area contributed by atoms with Crippen molar-refractivity contribution in [1.82, 2.24) is 0 Å². The van der Waals surface area contributed by atoms with Crippen LogP contribution in [-0.2, 0) is 0 Å². The summed E-state index contributed by atoms with van der Waals surface area (Å²) in [5, 5.41) is 29.4. The average molecular weight is 422 g/mol. The van der Waals surface area contributed by atoms with Crippen molar-refractivity contribution in [3.05, 3.63) is 70.2 Å². The Morgan fingerprint density at radius 1 is 0.808 bits per heavy atom. The van der Waals surface area contributed by atoms with Crippen LogP contribution in [-0.4, -0.2) is 15.3 Å². The van der Waals surface area contributed by atoms with Gasteiger partial charge in [-0.15, -0.1) is 0 Å². The summed E-state index contributed by atoms with van der Waals surface area (Å²) in [6, 6.07) is 10.2. The lowest BCUT2D eigenvalue weighted by molar-refractivity contribution is 0.451. The number of aryl methyl sites for hydroxylation is 1. The predicted octanol–water partition coefficient (Wildman–Crippen LogP) is 5.62. The van der Waals surface area contributed by atoms with Crippen molar-refractivity contribution in [1.29, 1.82) is 0 Å². The van der Waals surface area contributed by atoms with Gasteiger partial charge in [0.05, 0.1) is 5.69 Å². The van der Waals surface area contributed by atoms with Gasteiger partial charge in [0.25, 0.3) is 0 Å². The van der Waals surface area contributed by atoms with Crippen LogP contribution >= 0.6 is 15.9 Å². The molecule has 0 aliphatic heterocycles. The van der Waals surface area contributed by atoms with E-state index < -0.39 is 17.3 Å². The zero-order valence-electron chi connectivity index (χ0n) is 13.5. The maximum Gasteiger partial charge on any atom is 0.151 e. The van der Waals surface area contributed by atoms with E-state index in [9.17, 15) is 24.1 Å². The third-order valence-electron chi connectivity index (χ3n) is 3.83. The summed E-state index contributed by atoms with van der Waals surface area (Å²) in [7, 11) is 0. The van der Waals surface area contributed by atoms with Gasteiger partial charge in [0.1, 0.15) is 22.9 Å². The van der Waals surface area contributed by atoms with Crippen LogP contribution < -0.4 is 4.90 Å². The Hall–Kier alpha value is -2.80. The van der Waals surface area contributed by atoms with Gasteiger partial charge in [-0.2, -0.15) is 0 Å². The molecule has 134 valence electrons. The molecule has 3 aromatic rings. The summed E-state index contributed by atoms with van der Waals surface area (Å²) >= 11 is 3.04. The first-order valence-electron chi connectivity index (χ1n) is 7.54. The molecular formula is C19H14BrF2NO3. The van der Waals surface area contributed by atoms with Crippen molar-refractivity contribution in [2.45, 2.75) is 6.92 Å². The largest absolute Gasteiger partial charge is 0.508 e. The van der Waals surface area contributed by atoms with Crippen LogP contribution in [0.15, 0.2) is 53.0 Å². The molecule has 0 aromatic heterocycles. The standard InChI is InChI=1S/C19H14BrF2NO3/c1-10-6-12(24)2-4-16(10)23(17-5-3-13(25)9-18(17)26)19-14(21)7-11(20)8-15(19)22/h2-9,24-26H,1H3. The first-order valence-corrected chi connectivity index (χ1v) is 8.33. The van der Waals surface area contributed by atoms with E-state index in [0.717, 1.165) is 18.2 Å². The maximum atomic E-state index is 14.7. The van der Waals surface area contributed by atoms with Crippen molar-refractivity contribution < 1.29 is 24.1 Å². The second-order valence-electron chi connectivity index (χ2n) is 5.70. The van der Waals surface area contributed by atoms with E-state index >= 15 is 0 Å². The third-order valence-corrected chi connectivity index (χ3v) is 4.28. The van der Waals surface area contributed by atoms with Crippen LogP contribution in [0.3, 0.4) is 0 Å². The minimum atomic E-state index is -0.850. The van der Waals surface area contributed by atoms with Crippen molar-refractivity contribution in [2.75, 3.05) is 4.90 Å². The number of halogens is 3. The molecular weight excluding hydrogens is 408 g/mol. The molecule has 0 atom stereocenters. The van der Waals surface area contributed by atoms with E-state index in [1.165, 1.54) is 35.2 Å². The van der Waals surface area contributed by atoms with Gasteiger partial charge in [0, 0.05) is 16.2 Å². The smallest absolute Gasteiger partial charge is 0.151 e. The quantitative estimate of drug-likeness (QED) is 0.513. The van der Waals surface area contributed by atoms with Gasteiger partial charge in [-0.25, -0.2) is 8.78 Å². The number of rotatable bonds is 3. The van der Waals surface area contributed by atoms with E-state index in [2.05, 4.69) is 15.9 Å². The molecule has 26 heavy (non-hydrogen) atoms. The van der Waals surface area contributed by atoms with E-state index in [-0.39, 0.29) is 27.4 Å². The number of benzene rings is 3. The highest BCUT2D eigenvalue weighted by Gasteiger charge is 2.25. The molecule has 3 aromatic carbocycles. The fraction of sp³-hybridized carbons (Fsp3) is 0.0526. The van der Waals surface area contributed by atoms with E-state index in [0.29, 0.717) is 11.3 Å². The van der Waals surface area contributed by atoms with Crippen LogP contribution in [0.4, 0.5) is 25.8 Å². The lowest BCUT2D eigenvalue weighted by Crippen LogP contribution is -2.15. The number of hydrogen-bond donors (Lipinski definition) is 3. The third kappa shape index (κ3) is 3.30. The number of hydrogen-bond acceptors (Lipinski definition) is 4. The molecule has 0 aliphatic carbocycles. The van der Waals surface area contributed by atoms with Crippen molar-refractivity contribution >= 4 is 33.0 Å². The van der Waals surface area contributed by atoms with E-state index in [1.54, 1.807) is 6.92 Å². The van der Waals surface area contributed by atoms with Gasteiger partial charge >= 0.3 is 0 Å². The van der Waals surface area contributed by atoms with Gasteiger partial charge in [-0.05, 0) is 55.0 Å². The Bertz CT molecular complexity index is 920. The van der Waals surface area contributed by atoms with Gasteiger partial charge < -0.3 is 20.2 Å². The van der Waals surface area contributed by atoms with Crippen LogP contribution in [0.5, 0.6) is 17.2 Å². The minimum absolute atomic E-state index is 0.00196. The molecule has 4 nitrogen and oxygen atoms in total. The number of aromatic hydroxyl groups is 3. The first-order chi connectivity index (χ1) is 12.3. The maximum absolute atomic E-state index is 14.7. The molecule has 3 rings (SSSR count). The topological polar surface area (TPSA) is 63.9 Å². The van der Waals surface area contributed by atoms with E-state index in [1.807, 2.05) is 0 Å². The van der Waals surface area contributed by atoms with Crippen LogP contribution in [0.2, 0.25) is 0 Å². The minimum Gasteiger partial charge on any atom is -0.508 e. The number of nitrogens with zero attached hydrogens (tertiary/aromatic N) is 1. The van der Waals surface area contributed by atoms with Crippen LogP contribution in [0.25, 0.3) is 0 Å². The zero-order valence-corrected chi connectivity index (χ0v) is 15.1. The summed E-state index contributed by atoms with van der Waals surface area (Å²) < 4.78 is 29.6. The summed E-state index contributed by atoms with van der Waals surface area (Å²) in [4.78, 5) is 1.20. The molecule has 0 unspecified atom stereocenters. The molecule has 0 aliphatic rings. The van der Waals surface area contributed by atoms with Crippen LogP contribution in [0.1, 0.15) is 5.56 Å². The van der Waals surface area contributed by atoms with Gasteiger partial charge in [0.2, 0.25) is 0 Å². The second kappa shape index (κ2) is 6.84. The summed E-state index contributed by atoms with van der Waals surface area (Å²) in [5.41, 5.74) is 0.544. The van der Waals surface area contributed by atoms with Gasteiger partial charge in [-0.1, -0.05) is 15.9 Å². The van der Waals surface area contributed by atoms with Crippen molar-refractivity contribution in [2.24, 2.45) is 0 Å². The molecule has 0 spiro atoms. The summed E-state index contributed by atoms with van der Waals surface area (Å²) in [5.74, 6) is -2.25. The molecule has 0 bridgehead atoms. The van der Waals surface area contributed by atoms with Gasteiger partial charge in [-0.3, -0.25) is 0 Å². The Morgan fingerprint density at radius 3 is 1.88 bits per heavy atom. The highest BCUT2D eigenvalue weighted by Crippen LogP contribution is 2.45.